The number of carbonyl (C=O) groups excluding carboxylic acids is 2. The summed E-state index contributed by atoms with van der Waals surface area (Å²) in [5.41, 5.74) is 2.98. The minimum atomic E-state index is -0.703. The number of rotatable bonds is 24. The third-order valence-electron chi connectivity index (χ3n) is 7.27. The van der Waals surface area contributed by atoms with Crippen LogP contribution in [0.5, 0.6) is 0 Å². The molecule has 2 aromatic rings. The van der Waals surface area contributed by atoms with E-state index in [2.05, 4.69) is 52.0 Å². The van der Waals surface area contributed by atoms with Crippen molar-refractivity contribution in [2.75, 3.05) is 52.9 Å². The second-order valence-electron chi connectivity index (χ2n) is 12.7. The Hall–Kier alpha value is -3.74. The van der Waals surface area contributed by atoms with E-state index in [1.165, 1.54) is 11.1 Å². The molecule has 272 valence electrons. The van der Waals surface area contributed by atoms with E-state index in [-0.39, 0.29) is 26.4 Å². The Balaban J connectivity index is 1.41. The van der Waals surface area contributed by atoms with E-state index in [0.29, 0.717) is 38.3 Å². The highest BCUT2D eigenvalue weighted by Crippen LogP contribution is 2.28. The number of ether oxygens (including phenoxy) is 5. The number of benzene rings is 2. The van der Waals surface area contributed by atoms with Gasteiger partial charge in [0.25, 0.3) is 0 Å². The van der Waals surface area contributed by atoms with Gasteiger partial charge in [-0.2, -0.15) is 9.78 Å². The monoisotopic (exact) mass is 686 g/mol. The summed E-state index contributed by atoms with van der Waals surface area (Å²) in [6.45, 7) is 18.0. The highest BCUT2D eigenvalue weighted by Gasteiger charge is 2.24. The second-order valence-corrected chi connectivity index (χ2v) is 12.7. The van der Waals surface area contributed by atoms with Crippen LogP contribution < -0.4 is 0 Å². The van der Waals surface area contributed by atoms with Crippen LogP contribution in [0, 0.1) is 0 Å². The van der Waals surface area contributed by atoms with Crippen LogP contribution in [0.1, 0.15) is 89.5 Å². The zero-order valence-corrected chi connectivity index (χ0v) is 30.2. The van der Waals surface area contributed by atoms with Crippen LogP contribution in [-0.4, -0.2) is 64.8 Å². The van der Waals surface area contributed by atoms with Gasteiger partial charge in [0, 0.05) is 0 Å². The van der Waals surface area contributed by atoms with Crippen molar-refractivity contribution in [3.63, 3.8) is 0 Å². The third-order valence-corrected chi connectivity index (χ3v) is 7.27. The lowest BCUT2D eigenvalue weighted by atomic mass is 9.94. The molecule has 0 saturated heterocycles. The fourth-order valence-corrected chi connectivity index (χ4v) is 4.14. The first-order chi connectivity index (χ1) is 23.3. The van der Waals surface area contributed by atoms with Crippen LogP contribution in [0.25, 0.3) is 0 Å². The fraction of sp³-hybridized carbons (Fsp3) is 0.526. The zero-order valence-electron chi connectivity index (χ0n) is 30.2. The van der Waals surface area contributed by atoms with Gasteiger partial charge in [-0.1, -0.05) is 76.2 Å². The Morgan fingerprint density at radius 3 is 1.14 bits per heavy atom. The first-order valence-corrected chi connectivity index (χ1v) is 16.6. The number of carbonyl (C=O) groups is 2. The van der Waals surface area contributed by atoms with Crippen molar-refractivity contribution in [2.24, 2.45) is 0 Å². The highest BCUT2D eigenvalue weighted by atomic mass is 17.2. The molecule has 0 heterocycles. The van der Waals surface area contributed by atoms with Crippen molar-refractivity contribution >= 4 is 11.9 Å². The van der Waals surface area contributed by atoms with Gasteiger partial charge in [0.15, 0.2) is 0 Å². The van der Waals surface area contributed by atoms with Gasteiger partial charge < -0.3 is 33.5 Å². The minimum Gasteiger partial charge on any atom is -0.460 e. The van der Waals surface area contributed by atoms with Crippen molar-refractivity contribution in [1.29, 1.82) is 0 Å². The number of hydrogen-bond donors (Lipinski definition) is 0. The lowest BCUT2D eigenvalue weighted by Crippen LogP contribution is -2.21. The smallest absolute Gasteiger partial charge is 0.334 e. The quantitative estimate of drug-likeness (QED) is 0.0280. The molecule has 0 unspecified atom stereocenters. The van der Waals surface area contributed by atoms with Gasteiger partial charge in [-0.3, -0.25) is 0 Å². The summed E-state index contributed by atoms with van der Waals surface area (Å²) in [5.74, 6) is -0.263. The van der Waals surface area contributed by atoms with Crippen molar-refractivity contribution in [2.45, 2.75) is 78.4 Å². The Kier molecular flexibility index (Phi) is 18.7. The maximum absolute atomic E-state index is 11.8. The molecule has 2 aromatic carbocycles. The number of hydrogen-bond acceptors (Lipinski definition) is 11. The van der Waals surface area contributed by atoms with Crippen LogP contribution in [0.2, 0.25) is 0 Å². The van der Waals surface area contributed by atoms with Crippen molar-refractivity contribution in [3.05, 3.63) is 95.5 Å². The molecule has 0 aliphatic rings. The molecule has 11 nitrogen and oxygen atoms in total. The molecular weight excluding hydrogens is 632 g/mol. The van der Waals surface area contributed by atoms with Gasteiger partial charge in [0.1, 0.15) is 36.9 Å². The average Bonchev–Trinajstić information content (AvgIpc) is 3.07. The first-order valence-electron chi connectivity index (χ1n) is 16.6. The summed E-state index contributed by atoms with van der Waals surface area (Å²) in [5, 5.41) is 0. The lowest BCUT2D eigenvalue weighted by molar-refractivity contribution is -0.321. The van der Waals surface area contributed by atoms with E-state index in [1.54, 1.807) is 0 Å². The maximum atomic E-state index is 11.8. The molecule has 0 radical (unpaired) electrons. The fourth-order valence-electron chi connectivity index (χ4n) is 4.14. The summed E-state index contributed by atoms with van der Waals surface area (Å²) in [4.78, 5) is 44.8. The van der Waals surface area contributed by atoms with Gasteiger partial charge >= 0.3 is 11.9 Å². The van der Waals surface area contributed by atoms with Crippen molar-refractivity contribution < 1.29 is 52.8 Å². The molecule has 0 aliphatic heterocycles. The molecule has 0 aromatic heterocycles. The third kappa shape index (κ3) is 17.0. The van der Waals surface area contributed by atoms with Crippen LogP contribution in [-0.2, 0) is 64.0 Å². The van der Waals surface area contributed by atoms with Crippen molar-refractivity contribution in [1.82, 2.24) is 0 Å². The van der Waals surface area contributed by atoms with E-state index in [1.807, 2.05) is 52.0 Å². The second kappa shape index (κ2) is 22.1. The topological polar surface area (TPSA) is 117 Å². The Morgan fingerprint density at radius 2 is 0.837 bits per heavy atom. The molecule has 0 atom stereocenters. The summed E-state index contributed by atoms with van der Waals surface area (Å²) in [7, 11) is 0. The molecule has 11 heteroatoms. The van der Waals surface area contributed by atoms with Gasteiger partial charge in [-0.05, 0) is 61.8 Å². The normalized spacial score (nSPS) is 12.3. The van der Waals surface area contributed by atoms with E-state index in [0.717, 1.165) is 35.8 Å². The molecule has 0 N–H and O–H groups in total. The van der Waals surface area contributed by atoms with Crippen molar-refractivity contribution in [3.8, 4) is 0 Å². The van der Waals surface area contributed by atoms with Gasteiger partial charge in [-0.25, -0.2) is 9.59 Å². The summed E-state index contributed by atoms with van der Waals surface area (Å²) in [6.07, 6.45) is 4.56. The molecule has 0 saturated carbocycles. The highest BCUT2D eigenvalue weighted by molar-refractivity contribution is 5.81. The Bertz CT molecular complexity index is 1180. The SMILES string of the molecule is CC(C)c1ccc(C(C)(C)OOC=CC(=O)OCCOCCOCCOCCOC(=O)C=COOC(C)(C)c2ccc(C(C)C)cc2)cc1. The first kappa shape index (κ1) is 41.4. The predicted molar refractivity (Wildman–Crippen MR) is 184 cm³/mol. The average molecular weight is 687 g/mol. The lowest BCUT2D eigenvalue weighted by Gasteiger charge is -2.23. The molecule has 2 rings (SSSR count). The predicted octanol–water partition coefficient (Wildman–Crippen LogP) is 7.16. The maximum Gasteiger partial charge on any atom is 0.334 e. The van der Waals surface area contributed by atoms with Crippen LogP contribution in [0.15, 0.2) is 73.2 Å². The Labute approximate surface area is 291 Å². The van der Waals surface area contributed by atoms with Crippen LogP contribution >= 0.6 is 0 Å². The van der Waals surface area contributed by atoms with Crippen LogP contribution in [0.4, 0.5) is 0 Å². The van der Waals surface area contributed by atoms with Crippen LogP contribution in [0.3, 0.4) is 0 Å². The van der Waals surface area contributed by atoms with Gasteiger partial charge in [0.05, 0.1) is 51.8 Å². The van der Waals surface area contributed by atoms with Gasteiger partial charge in [-0.15, -0.1) is 0 Å². The summed E-state index contributed by atoms with van der Waals surface area (Å²) in [6, 6.07) is 16.3. The Morgan fingerprint density at radius 1 is 0.531 bits per heavy atom. The van der Waals surface area contributed by atoms with E-state index >= 15 is 0 Å². The standard InChI is InChI=1S/C38H54O11/c1-29(2)31-9-13-33(14-10-31)37(5,6)48-46-19-17-35(39)44-27-25-42-23-21-41-22-24-43-26-28-45-36(40)18-20-47-49-38(7,8)34-15-11-32(12-16-34)30(3)4/h9-20,29-30H,21-28H2,1-8H3. The molecule has 0 amide bonds. The van der Waals surface area contributed by atoms with Gasteiger partial charge in [0.2, 0.25) is 0 Å². The molecule has 0 aliphatic carbocycles. The molecule has 0 spiro atoms. The minimum absolute atomic E-state index is 0.0822. The largest absolute Gasteiger partial charge is 0.460 e. The van der Waals surface area contributed by atoms with E-state index in [9.17, 15) is 9.59 Å². The molecule has 0 fully saturated rings. The molecular formula is C38H54O11. The zero-order chi connectivity index (χ0) is 36.1. The van der Waals surface area contributed by atoms with E-state index < -0.39 is 23.1 Å². The van der Waals surface area contributed by atoms with E-state index in [4.69, 9.17) is 43.2 Å². The molecule has 0 bridgehead atoms. The summed E-state index contributed by atoms with van der Waals surface area (Å²) >= 11 is 0. The summed E-state index contributed by atoms with van der Waals surface area (Å²) < 4.78 is 26.3. The molecule has 49 heavy (non-hydrogen) atoms. The number of esters is 2.